The van der Waals surface area contributed by atoms with Gasteiger partial charge in [0.25, 0.3) is 0 Å². The van der Waals surface area contributed by atoms with Gasteiger partial charge in [0.1, 0.15) is 5.75 Å². The molecule has 1 fully saturated rings. The molecule has 0 aliphatic carbocycles. The highest BCUT2D eigenvalue weighted by molar-refractivity contribution is 14.0. The van der Waals surface area contributed by atoms with E-state index in [2.05, 4.69) is 21.3 Å². The van der Waals surface area contributed by atoms with Gasteiger partial charge in [0.05, 0.1) is 12.8 Å². The lowest BCUT2D eigenvalue weighted by atomic mass is 10.1. The van der Waals surface area contributed by atoms with Crippen LogP contribution in [-0.4, -0.2) is 32.7 Å². The first-order valence-electron chi connectivity index (χ1n) is 8.26. The van der Waals surface area contributed by atoms with E-state index in [0.29, 0.717) is 11.9 Å². The van der Waals surface area contributed by atoms with Gasteiger partial charge >= 0.3 is 0 Å². The predicted molar refractivity (Wildman–Crippen MR) is 115 cm³/mol. The number of methoxy groups -OCH3 is 1. The van der Waals surface area contributed by atoms with E-state index in [1.165, 1.54) is 0 Å². The molecule has 2 aromatic rings. The molecule has 1 aliphatic rings. The Balaban J connectivity index is 0.00000225. The van der Waals surface area contributed by atoms with Crippen molar-refractivity contribution in [3.8, 4) is 5.75 Å². The molecule has 5 nitrogen and oxygen atoms in total. The summed E-state index contributed by atoms with van der Waals surface area (Å²) in [6, 6.07) is 18.0. The zero-order valence-electron chi connectivity index (χ0n) is 14.4. The predicted octanol–water partition coefficient (Wildman–Crippen LogP) is 3.57. The van der Waals surface area contributed by atoms with E-state index >= 15 is 0 Å². The van der Waals surface area contributed by atoms with Gasteiger partial charge in [-0.2, -0.15) is 0 Å². The van der Waals surface area contributed by atoms with Crippen LogP contribution in [0.2, 0.25) is 0 Å². The molecule has 1 atom stereocenters. The number of rotatable bonds is 5. The SMILES string of the molecule is COc1ccccc1N1CCC(CN=C(N)Nc2ccccc2)C1.I. The van der Waals surface area contributed by atoms with Gasteiger partial charge in [-0.25, -0.2) is 0 Å². The Kier molecular flexibility index (Phi) is 7.36. The third kappa shape index (κ3) is 5.26. The first-order chi connectivity index (χ1) is 11.8. The molecule has 1 unspecified atom stereocenters. The third-order valence-corrected chi connectivity index (χ3v) is 4.28. The molecule has 1 saturated heterocycles. The van der Waals surface area contributed by atoms with Crippen LogP contribution in [0.4, 0.5) is 11.4 Å². The maximum absolute atomic E-state index is 5.98. The summed E-state index contributed by atoms with van der Waals surface area (Å²) in [5.41, 5.74) is 8.09. The van der Waals surface area contributed by atoms with Crippen LogP contribution in [0.5, 0.6) is 5.75 Å². The Morgan fingerprint density at radius 1 is 1.20 bits per heavy atom. The van der Waals surface area contributed by atoms with Gasteiger partial charge in [-0.3, -0.25) is 4.99 Å². The molecule has 3 N–H and O–H groups in total. The van der Waals surface area contributed by atoms with Crippen LogP contribution in [0.25, 0.3) is 0 Å². The van der Waals surface area contributed by atoms with Crippen molar-refractivity contribution < 1.29 is 4.74 Å². The zero-order valence-corrected chi connectivity index (χ0v) is 16.7. The minimum Gasteiger partial charge on any atom is -0.495 e. The van der Waals surface area contributed by atoms with Crippen molar-refractivity contribution in [1.29, 1.82) is 0 Å². The molecule has 2 aromatic carbocycles. The number of guanidine groups is 1. The molecule has 0 saturated carbocycles. The Labute approximate surface area is 166 Å². The second-order valence-electron chi connectivity index (χ2n) is 5.99. The van der Waals surface area contributed by atoms with E-state index in [1.54, 1.807) is 7.11 Å². The molecule has 0 bridgehead atoms. The van der Waals surface area contributed by atoms with Crippen LogP contribution in [0.1, 0.15) is 6.42 Å². The second kappa shape index (κ2) is 9.50. The fraction of sp³-hybridized carbons (Fsp3) is 0.316. The van der Waals surface area contributed by atoms with Gasteiger partial charge in [-0.05, 0) is 36.6 Å². The van der Waals surface area contributed by atoms with Crippen molar-refractivity contribution >= 4 is 41.3 Å². The molecule has 0 spiro atoms. The standard InChI is InChI=1S/C19H24N4O.HI/c1-24-18-10-6-5-9-17(18)23-12-11-15(14-23)13-21-19(20)22-16-7-3-2-4-8-16;/h2-10,15H,11-14H2,1H3,(H3,20,21,22);1H. The summed E-state index contributed by atoms with van der Waals surface area (Å²) >= 11 is 0. The summed E-state index contributed by atoms with van der Waals surface area (Å²) in [5, 5.41) is 3.12. The molecule has 6 heteroatoms. The second-order valence-corrected chi connectivity index (χ2v) is 5.99. The lowest BCUT2D eigenvalue weighted by Gasteiger charge is -2.21. The van der Waals surface area contributed by atoms with Crippen LogP contribution in [0, 0.1) is 5.92 Å². The number of hydrogen-bond donors (Lipinski definition) is 2. The summed E-state index contributed by atoms with van der Waals surface area (Å²) in [7, 11) is 1.71. The highest BCUT2D eigenvalue weighted by Gasteiger charge is 2.24. The third-order valence-electron chi connectivity index (χ3n) is 4.28. The van der Waals surface area contributed by atoms with Crippen molar-refractivity contribution in [3.05, 3.63) is 54.6 Å². The Morgan fingerprint density at radius 2 is 1.92 bits per heavy atom. The maximum Gasteiger partial charge on any atom is 0.193 e. The Hall–Kier alpha value is -1.96. The quantitative estimate of drug-likeness (QED) is 0.414. The van der Waals surface area contributed by atoms with Crippen molar-refractivity contribution in [3.63, 3.8) is 0 Å². The summed E-state index contributed by atoms with van der Waals surface area (Å²) < 4.78 is 5.46. The largest absolute Gasteiger partial charge is 0.495 e. The number of nitrogens with one attached hydrogen (secondary N) is 1. The molecule has 0 amide bonds. The molecule has 25 heavy (non-hydrogen) atoms. The van der Waals surface area contributed by atoms with Crippen molar-refractivity contribution in [2.24, 2.45) is 16.6 Å². The van der Waals surface area contributed by atoms with E-state index < -0.39 is 0 Å². The molecular weight excluding hydrogens is 427 g/mol. The molecule has 1 aliphatic heterocycles. The fourth-order valence-corrected chi connectivity index (χ4v) is 3.03. The topological polar surface area (TPSA) is 62.9 Å². The number of anilines is 2. The minimum absolute atomic E-state index is 0. The van der Waals surface area contributed by atoms with Crippen LogP contribution in [0.15, 0.2) is 59.6 Å². The van der Waals surface area contributed by atoms with Crippen molar-refractivity contribution in [2.75, 3.05) is 37.0 Å². The normalized spacial score (nSPS) is 17.1. The summed E-state index contributed by atoms with van der Waals surface area (Å²) in [4.78, 5) is 6.86. The van der Waals surface area contributed by atoms with E-state index in [1.807, 2.05) is 48.5 Å². The molecule has 0 aromatic heterocycles. The zero-order chi connectivity index (χ0) is 16.8. The van der Waals surface area contributed by atoms with E-state index in [0.717, 1.165) is 43.2 Å². The average Bonchev–Trinajstić information content (AvgIpc) is 3.09. The summed E-state index contributed by atoms with van der Waals surface area (Å²) in [5.74, 6) is 1.90. The Bertz CT molecular complexity index is 693. The number of aliphatic imine (C=N–C) groups is 1. The number of ether oxygens (including phenoxy) is 1. The van der Waals surface area contributed by atoms with Crippen LogP contribution >= 0.6 is 24.0 Å². The number of nitrogens with two attached hydrogens (primary N) is 1. The average molecular weight is 452 g/mol. The Morgan fingerprint density at radius 3 is 2.68 bits per heavy atom. The maximum atomic E-state index is 5.98. The number of hydrogen-bond acceptors (Lipinski definition) is 3. The van der Waals surface area contributed by atoms with Crippen molar-refractivity contribution in [2.45, 2.75) is 6.42 Å². The monoisotopic (exact) mass is 452 g/mol. The van der Waals surface area contributed by atoms with Crippen molar-refractivity contribution in [1.82, 2.24) is 0 Å². The lowest BCUT2D eigenvalue weighted by molar-refractivity contribution is 0.414. The van der Waals surface area contributed by atoms with Gasteiger partial charge in [0, 0.05) is 25.3 Å². The number of halogens is 1. The molecule has 0 radical (unpaired) electrons. The first-order valence-corrected chi connectivity index (χ1v) is 8.26. The van der Waals surface area contributed by atoms with Gasteiger partial charge in [-0.1, -0.05) is 30.3 Å². The van der Waals surface area contributed by atoms with Gasteiger partial charge in [0.15, 0.2) is 5.96 Å². The number of nitrogens with zero attached hydrogens (tertiary/aromatic N) is 2. The van der Waals surface area contributed by atoms with E-state index in [4.69, 9.17) is 10.5 Å². The molecule has 1 heterocycles. The molecule has 3 rings (SSSR count). The van der Waals surface area contributed by atoms with Crippen LogP contribution < -0.4 is 20.7 Å². The highest BCUT2D eigenvalue weighted by atomic mass is 127. The number of para-hydroxylation sites is 3. The molecular formula is C19H25IN4O. The lowest BCUT2D eigenvalue weighted by Crippen LogP contribution is -2.25. The first kappa shape index (κ1) is 19.4. The number of benzene rings is 2. The van der Waals surface area contributed by atoms with E-state index in [9.17, 15) is 0 Å². The summed E-state index contributed by atoms with van der Waals surface area (Å²) in [6.45, 7) is 2.73. The minimum atomic E-state index is 0. The summed E-state index contributed by atoms with van der Waals surface area (Å²) in [6.07, 6.45) is 1.11. The van der Waals surface area contributed by atoms with Gasteiger partial charge in [0.2, 0.25) is 0 Å². The smallest absolute Gasteiger partial charge is 0.193 e. The molecule has 134 valence electrons. The highest BCUT2D eigenvalue weighted by Crippen LogP contribution is 2.31. The fourth-order valence-electron chi connectivity index (χ4n) is 3.03. The van der Waals surface area contributed by atoms with Crippen LogP contribution in [-0.2, 0) is 0 Å². The van der Waals surface area contributed by atoms with Crippen LogP contribution in [0.3, 0.4) is 0 Å². The van der Waals surface area contributed by atoms with Gasteiger partial charge in [-0.15, -0.1) is 24.0 Å². The van der Waals surface area contributed by atoms with Gasteiger partial charge < -0.3 is 20.7 Å². The van der Waals surface area contributed by atoms with E-state index in [-0.39, 0.29) is 24.0 Å².